The van der Waals surface area contributed by atoms with E-state index in [9.17, 15) is 9.59 Å². The van der Waals surface area contributed by atoms with Crippen LogP contribution in [0.25, 0.3) is 0 Å². The predicted octanol–water partition coefficient (Wildman–Crippen LogP) is 1.54. The Bertz CT molecular complexity index is 500. The van der Waals surface area contributed by atoms with Gasteiger partial charge in [0, 0.05) is 17.9 Å². The van der Waals surface area contributed by atoms with Gasteiger partial charge in [-0.05, 0) is 31.0 Å². The van der Waals surface area contributed by atoms with Crippen LogP contribution in [0.4, 0.5) is 11.4 Å². The maximum absolute atomic E-state index is 11.8. The van der Waals surface area contributed by atoms with Gasteiger partial charge in [-0.2, -0.15) is 0 Å². The molecule has 1 atom stereocenters. The fourth-order valence-electron chi connectivity index (χ4n) is 1.60. The molecule has 1 amide bonds. The summed E-state index contributed by atoms with van der Waals surface area (Å²) < 4.78 is 0. The molecule has 6 heteroatoms. The number of carboxylic acid groups (broad SMARTS) is 1. The summed E-state index contributed by atoms with van der Waals surface area (Å²) >= 11 is 0. The smallest absolute Gasteiger partial charge is 0.337 e. The highest BCUT2D eigenvalue weighted by Crippen LogP contribution is 2.18. The Morgan fingerprint density at radius 2 is 1.95 bits per heavy atom. The largest absolute Gasteiger partial charge is 0.478 e. The topological polar surface area (TPSA) is 104 Å². The lowest BCUT2D eigenvalue weighted by molar-refractivity contribution is -0.121. The van der Waals surface area contributed by atoms with Gasteiger partial charge in [-0.1, -0.05) is 13.8 Å². The minimum Gasteiger partial charge on any atom is -0.478 e. The molecule has 110 valence electrons. The summed E-state index contributed by atoms with van der Waals surface area (Å²) in [4.78, 5) is 22.8. The first kappa shape index (κ1) is 15.8. The third kappa shape index (κ3) is 4.46. The number of nitrogens with one attached hydrogen (secondary N) is 2. The second-order valence-corrected chi connectivity index (χ2v) is 5.11. The zero-order valence-electron chi connectivity index (χ0n) is 11.9. The number of hydrogen-bond acceptors (Lipinski definition) is 4. The fraction of sp³-hybridized carbons (Fsp3) is 0.429. The van der Waals surface area contributed by atoms with Crippen LogP contribution in [0.2, 0.25) is 0 Å². The standard InChI is InChI=1S/C14H21N3O3/c1-8(2)7-16-13(18)9(3)17-10-4-5-12(15)11(6-10)14(19)20/h4-6,8-9,17H,7,15H2,1-3H3,(H,16,18)(H,19,20). The number of nitrogens with two attached hydrogens (primary N) is 1. The number of benzene rings is 1. The van der Waals surface area contributed by atoms with Crippen molar-refractivity contribution in [2.75, 3.05) is 17.6 Å². The Labute approximate surface area is 118 Å². The quantitative estimate of drug-likeness (QED) is 0.591. The van der Waals surface area contributed by atoms with Crippen molar-refractivity contribution in [1.29, 1.82) is 0 Å². The second-order valence-electron chi connectivity index (χ2n) is 5.11. The van der Waals surface area contributed by atoms with E-state index in [0.29, 0.717) is 18.2 Å². The Morgan fingerprint density at radius 1 is 1.30 bits per heavy atom. The van der Waals surface area contributed by atoms with Gasteiger partial charge in [-0.25, -0.2) is 4.79 Å². The second kappa shape index (κ2) is 6.79. The van der Waals surface area contributed by atoms with Crippen LogP contribution >= 0.6 is 0 Å². The molecule has 0 aliphatic heterocycles. The molecule has 1 aromatic rings. The highest BCUT2D eigenvalue weighted by molar-refractivity contribution is 5.95. The Hall–Kier alpha value is -2.24. The number of carbonyl (C=O) groups excluding carboxylic acids is 1. The van der Waals surface area contributed by atoms with Crippen molar-refractivity contribution in [3.63, 3.8) is 0 Å². The summed E-state index contributed by atoms with van der Waals surface area (Å²) in [6.45, 7) is 6.34. The Balaban J connectivity index is 2.70. The van der Waals surface area contributed by atoms with E-state index in [1.165, 1.54) is 12.1 Å². The molecule has 0 fully saturated rings. The van der Waals surface area contributed by atoms with Gasteiger partial charge in [0.15, 0.2) is 0 Å². The monoisotopic (exact) mass is 279 g/mol. The molecule has 0 aromatic heterocycles. The van der Waals surface area contributed by atoms with E-state index in [1.807, 2.05) is 13.8 Å². The fourth-order valence-corrected chi connectivity index (χ4v) is 1.60. The van der Waals surface area contributed by atoms with Crippen LogP contribution in [0.5, 0.6) is 0 Å². The van der Waals surface area contributed by atoms with E-state index in [1.54, 1.807) is 13.0 Å². The molecule has 0 heterocycles. The number of hydrogen-bond donors (Lipinski definition) is 4. The SMILES string of the molecule is CC(C)CNC(=O)C(C)Nc1ccc(N)c(C(=O)O)c1. The van der Waals surface area contributed by atoms with E-state index in [0.717, 1.165) is 0 Å². The number of nitrogen functional groups attached to an aromatic ring is 1. The molecule has 0 radical (unpaired) electrons. The van der Waals surface area contributed by atoms with Crippen LogP contribution in [0.1, 0.15) is 31.1 Å². The summed E-state index contributed by atoms with van der Waals surface area (Å²) in [7, 11) is 0. The summed E-state index contributed by atoms with van der Waals surface area (Å²) in [6.07, 6.45) is 0. The molecule has 1 unspecified atom stereocenters. The van der Waals surface area contributed by atoms with Crippen molar-refractivity contribution in [2.24, 2.45) is 5.92 Å². The van der Waals surface area contributed by atoms with Crippen LogP contribution < -0.4 is 16.4 Å². The molecule has 0 saturated carbocycles. The minimum atomic E-state index is -1.09. The number of amides is 1. The first-order valence-corrected chi connectivity index (χ1v) is 6.48. The molecule has 20 heavy (non-hydrogen) atoms. The molecule has 6 nitrogen and oxygen atoms in total. The van der Waals surface area contributed by atoms with Gasteiger partial charge < -0.3 is 21.5 Å². The predicted molar refractivity (Wildman–Crippen MR) is 78.7 cm³/mol. The number of carbonyl (C=O) groups is 2. The number of carboxylic acids is 1. The van der Waals surface area contributed by atoms with E-state index >= 15 is 0 Å². The molecule has 1 aromatic carbocycles. The molecule has 0 bridgehead atoms. The highest BCUT2D eigenvalue weighted by Gasteiger charge is 2.14. The lowest BCUT2D eigenvalue weighted by Gasteiger charge is -2.17. The maximum Gasteiger partial charge on any atom is 0.337 e. The van der Waals surface area contributed by atoms with E-state index in [4.69, 9.17) is 10.8 Å². The third-order valence-electron chi connectivity index (χ3n) is 2.74. The number of anilines is 2. The van der Waals surface area contributed by atoms with Crippen molar-refractivity contribution in [3.8, 4) is 0 Å². The normalized spacial score (nSPS) is 12.0. The summed E-state index contributed by atoms with van der Waals surface area (Å²) in [5.41, 5.74) is 6.33. The van der Waals surface area contributed by atoms with Crippen LogP contribution in [-0.4, -0.2) is 29.6 Å². The highest BCUT2D eigenvalue weighted by atomic mass is 16.4. The molecule has 0 aliphatic rings. The molecule has 5 N–H and O–H groups in total. The van der Waals surface area contributed by atoms with E-state index in [2.05, 4.69) is 10.6 Å². The van der Waals surface area contributed by atoms with Gasteiger partial charge in [0.25, 0.3) is 0 Å². The van der Waals surface area contributed by atoms with Crippen molar-refractivity contribution in [1.82, 2.24) is 5.32 Å². The van der Waals surface area contributed by atoms with Gasteiger partial charge in [0.2, 0.25) is 5.91 Å². The molecule has 0 aliphatic carbocycles. The van der Waals surface area contributed by atoms with Crippen LogP contribution in [0, 0.1) is 5.92 Å². The van der Waals surface area contributed by atoms with Crippen LogP contribution in [0.3, 0.4) is 0 Å². The van der Waals surface area contributed by atoms with Crippen molar-refractivity contribution >= 4 is 23.3 Å². The third-order valence-corrected chi connectivity index (χ3v) is 2.74. The average Bonchev–Trinajstić information content (AvgIpc) is 2.37. The van der Waals surface area contributed by atoms with Crippen LogP contribution in [-0.2, 0) is 4.79 Å². The van der Waals surface area contributed by atoms with Crippen LogP contribution in [0.15, 0.2) is 18.2 Å². The van der Waals surface area contributed by atoms with Crippen molar-refractivity contribution in [2.45, 2.75) is 26.8 Å². The molecular weight excluding hydrogens is 258 g/mol. The van der Waals surface area contributed by atoms with Gasteiger partial charge in [-0.15, -0.1) is 0 Å². The van der Waals surface area contributed by atoms with Gasteiger partial charge >= 0.3 is 5.97 Å². The Kier molecular flexibility index (Phi) is 5.37. The van der Waals surface area contributed by atoms with E-state index in [-0.39, 0.29) is 17.2 Å². The maximum atomic E-state index is 11.8. The zero-order chi connectivity index (χ0) is 15.3. The van der Waals surface area contributed by atoms with Gasteiger partial charge in [-0.3, -0.25) is 4.79 Å². The molecule has 0 spiro atoms. The first-order valence-electron chi connectivity index (χ1n) is 6.48. The lowest BCUT2D eigenvalue weighted by atomic mass is 10.1. The summed E-state index contributed by atoms with van der Waals surface area (Å²) in [5.74, 6) is -0.850. The van der Waals surface area contributed by atoms with Crippen molar-refractivity contribution < 1.29 is 14.7 Å². The minimum absolute atomic E-state index is 0.0183. The number of rotatable bonds is 6. The number of aromatic carboxylic acids is 1. The van der Waals surface area contributed by atoms with Gasteiger partial charge in [0.1, 0.15) is 6.04 Å². The zero-order valence-corrected chi connectivity index (χ0v) is 11.9. The molecular formula is C14H21N3O3. The Morgan fingerprint density at radius 3 is 2.50 bits per heavy atom. The molecule has 0 saturated heterocycles. The van der Waals surface area contributed by atoms with Gasteiger partial charge in [0.05, 0.1) is 5.56 Å². The van der Waals surface area contributed by atoms with E-state index < -0.39 is 12.0 Å². The lowest BCUT2D eigenvalue weighted by Crippen LogP contribution is -2.39. The average molecular weight is 279 g/mol. The first-order chi connectivity index (χ1) is 9.31. The summed E-state index contributed by atoms with van der Waals surface area (Å²) in [5, 5.41) is 14.8. The van der Waals surface area contributed by atoms with Crippen molar-refractivity contribution in [3.05, 3.63) is 23.8 Å². The summed E-state index contributed by atoms with van der Waals surface area (Å²) in [6, 6.07) is 4.11. The molecule has 1 rings (SSSR count).